The van der Waals surface area contributed by atoms with Gasteiger partial charge in [-0.3, -0.25) is 9.69 Å². The van der Waals surface area contributed by atoms with Gasteiger partial charge in [-0.1, -0.05) is 30.3 Å². The van der Waals surface area contributed by atoms with Gasteiger partial charge in [0, 0.05) is 32.0 Å². The highest BCUT2D eigenvalue weighted by atomic mass is 16.2. The van der Waals surface area contributed by atoms with Gasteiger partial charge in [-0.05, 0) is 25.8 Å². The first kappa shape index (κ1) is 16.6. The Hall–Kier alpha value is -2.83. The number of nitrogens with zero attached hydrogens (tertiary/aromatic N) is 5. The zero-order valence-corrected chi connectivity index (χ0v) is 15.3. The van der Waals surface area contributed by atoms with Gasteiger partial charge >= 0.3 is 6.03 Å². The SMILES string of the molecule is CCN1C(C)=CN2C1=NC1C2C(=O)N(CCc2ccccc2)C(=O)N1C. The molecule has 4 rings (SSSR count). The largest absolute Gasteiger partial charge is 0.328 e. The normalized spacial score (nSPS) is 24.7. The van der Waals surface area contributed by atoms with Crippen molar-refractivity contribution in [3.63, 3.8) is 0 Å². The lowest BCUT2D eigenvalue weighted by Crippen LogP contribution is -2.64. The number of hydrogen-bond acceptors (Lipinski definition) is 5. The first-order valence-corrected chi connectivity index (χ1v) is 8.97. The minimum absolute atomic E-state index is 0.171. The maximum Gasteiger partial charge on any atom is 0.328 e. The third kappa shape index (κ3) is 2.38. The Balaban J connectivity index is 1.58. The van der Waals surface area contributed by atoms with E-state index in [1.807, 2.05) is 55.3 Å². The summed E-state index contributed by atoms with van der Waals surface area (Å²) in [5, 5.41) is 0. The smallest absolute Gasteiger partial charge is 0.315 e. The molecule has 3 heterocycles. The van der Waals surface area contributed by atoms with Crippen LogP contribution >= 0.6 is 0 Å². The van der Waals surface area contributed by atoms with Crippen LogP contribution in [0.1, 0.15) is 19.4 Å². The van der Waals surface area contributed by atoms with Crippen LogP contribution in [0.25, 0.3) is 0 Å². The maximum atomic E-state index is 13.1. The van der Waals surface area contributed by atoms with E-state index in [1.54, 1.807) is 11.9 Å². The zero-order valence-electron chi connectivity index (χ0n) is 15.3. The second kappa shape index (κ2) is 6.16. The van der Waals surface area contributed by atoms with Gasteiger partial charge in [0.2, 0.25) is 5.96 Å². The zero-order chi connectivity index (χ0) is 18.4. The lowest BCUT2D eigenvalue weighted by molar-refractivity contribution is -0.136. The van der Waals surface area contributed by atoms with E-state index in [4.69, 9.17) is 0 Å². The van der Waals surface area contributed by atoms with Gasteiger partial charge in [0.25, 0.3) is 5.91 Å². The second-order valence-corrected chi connectivity index (χ2v) is 6.83. The molecule has 0 N–H and O–H groups in total. The Labute approximate surface area is 153 Å². The molecule has 1 aromatic rings. The van der Waals surface area contributed by atoms with Crippen LogP contribution < -0.4 is 0 Å². The number of guanidine groups is 1. The van der Waals surface area contributed by atoms with Gasteiger partial charge in [-0.25, -0.2) is 9.79 Å². The predicted molar refractivity (Wildman–Crippen MR) is 98.0 cm³/mol. The van der Waals surface area contributed by atoms with E-state index >= 15 is 0 Å². The third-order valence-corrected chi connectivity index (χ3v) is 5.29. The molecule has 1 fully saturated rings. The van der Waals surface area contributed by atoms with Crippen molar-refractivity contribution >= 4 is 17.9 Å². The topological polar surface area (TPSA) is 59.5 Å². The highest BCUT2D eigenvalue weighted by Gasteiger charge is 2.53. The van der Waals surface area contributed by atoms with E-state index in [0.29, 0.717) is 13.0 Å². The number of likely N-dealkylation sites (N-methyl/N-ethyl adjacent to an activating group) is 1. The Morgan fingerprint density at radius 3 is 2.54 bits per heavy atom. The summed E-state index contributed by atoms with van der Waals surface area (Å²) in [5.41, 5.74) is 2.17. The number of carbonyl (C=O) groups is 2. The van der Waals surface area contributed by atoms with E-state index in [1.165, 1.54) is 4.90 Å². The molecule has 3 aliphatic rings. The molecule has 2 unspecified atom stereocenters. The Bertz CT molecular complexity index is 803. The summed E-state index contributed by atoms with van der Waals surface area (Å²) in [7, 11) is 1.72. The van der Waals surface area contributed by atoms with Crippen molar-refractivity contribution in [2.75, 3.05) is 20.1 Å². The summed E-state index contributed by atoms with van der Waals surface area (Å²) in [5.74, 6) is 0.590. The fourth-order valence-electron chi connectivity index (χ4n) is 3.88. The molecule has 0 bridgehead atoms. The average molecular weight is 353 g/mol. The molecule has 2 atom stereocenters. The molecule has 1 aromatic carbocycles. The summed E-state index contributed by atoms with van der Waals surface area (Å²) >= 11 is 0. The van der Waals surface area contributed by atoms with E-state index in [-0.39, 0.29) is 11.9 Å². The first-order chi connectivity index (χ1) is 12.5. The molecular formula is C19H23N5O2. The Kier molecular flexibility index (Phi) is 3.94. The van der Waals surface area contributed by atoms with Crippen LogP contribution in [0.3, 0.4) is 0 Å². The van der Waals surface area contributed by atoms with E-state index < -0.39 is 12.2 Å². The van der Waals surface area contributed by atoms with Gasteiger partial charge in [-0.2, -0.15) is 0 Å². The van der Waals surface area contributed by atoms with Crippen molar-refractivity contribution in [2.24, 2.45) is 4.99 Å². The average Bonchev–Trinajstić information content (AvgIpc) is 3.15. The maximum absolute atomic E-state index is 13.1. The van der Waals surface area contributed by atoms with Crippen LogP contribution in [0.5, 0.6) is 0 Å². The number of fused-ring (bicyclic) bond motifs is 3. The van der Waals surface area contributed by atoms with Crippen LogP contribution in [0.2, 0.25) is 0 Å². The van der Waals surface area contributed by atoms with Crippen molar-refractivity contribution < 1.29 is 9.59 Å². The summed E-state index contributed by atoms with van der Waals surface area (Å²) in [6.45, 7) is 5.21. The summed E-state index contributed by atoms with van der Waals surface area (Å²) in [6.07, 6.45) is 2.15. The Morgan fingerprint density at radius 2 is 1.85 bits per heavy atom. The highest BCUT2D eigenvalue weighted by Crippen LogP contribution is 2.33. The van der Waals surface area contributed by atoms with Crippen molar-refractivity contribution in [3.05, 3.63) is 47.8 Å². The molecule has 136 valence electrons. The fraction of sp³-hybridized carbons (Fsp3) is 0.421. The second-order valence-electron chi connectivity index (χ2n) is 6.83. The van der Waals surface area contributed by atoms with E-state index in [2.05, 4.69) is 9.89 Å². The molecule has 7 heteroatoms. The number of imide groups is 1. The molecule has 0 aromatic heterocycles. The van der Waals surface area contributed by atoms with Gasteiger partial charge in [0.15, 0.2) is 12.2 Å². The molecule has 0 aliphatic carbocycles. The molecule has 26 heavy (non-hydrogen) atoms. The number of benzene rings is 1. The van der Waals surface area contributed by atoms with Gasteiger partial charge in [0.05, 0.1) is 0 Å². The summed E-state index contributed by atoms with van der Waals surface area (Å²) < 4.78 is 0. The van der Waals surface area contributed by atoms with Crippen molar-refractivity contribution in [2.45, 2.75) is 32.5 Å². The van der Waals surface area contributed by atoms with Crippen LogP contribution in [0.15, 0.2) is 47.2 Å². The number of allylic oxidation sites excluding steroid dienone is 1. The monoisotopic (exact) mass is 353 g/mol. The van der Waals surface area contributed by atoms with Gasteiger partial charge in [-0.15, -0.1) is 0 Å². The number of rotatable bonds is 4. The summed E-state index contributed by atoms with van der Waals surface area (Å²) in [4.78, 5) is 37.5. The molecule has 0 saturated carbocycles. The number of hydrogen-bond donors (Lipinski definition) is 0. The fourth-order valence-corrected chi connectivity index (χ4v) is 3.88. The summed E-state index contributed by atoms with van der Waals surface area (Å²) in [6, 6.07) is 9.15. The van der Waals surface area contributed by atoms with Crippen molar-refractivity contribution in [3.8, 4) is 0 Å². The number of urea groups is 1. The van der Waals surface area contributed by atoms with Crippen LogP contribution in [-0.2, 0) is 11.2 Å². The third-order valence-electron chi connectivity index (χ3n) is 5.29. The van der Waals surface area contributed by atoms with Gasteiger partial charge in [0.1, 0.15) is 0 Å². The van der Waals surface area contributed by atoms with Crippen LogP contribution in [0, 0.1) is 0 Å². The first-order valence-electron chi connectivity index (χ1n) is 8.97. The standard InChI is InChI=1S/C19H23N5O2/c1-4-22-13(2)12-24-15-16(20-18(22)24)21(3)19(26)23(17(15)25)11-10-14-8-6-5-7-9-14/h5-9,12,15-16H,4,10-11H2,1-3H3. The lowest BCUT2D eigenvalue weighted by atomic mass is 10.1. The molecule has 3 amide bonds. The number of aliphatic imine (C=N–C) groups is 1. The van der Waals surface area contributed by atoms with E-state index in [0.717, 1.165) is 23.8 Å². The molecule has 7 nitrogen and oxygen atoms in total. The number of amides is 3. The van der Waals surface area contributed by atoms with Gasteiger partial charge < -0.3 is 14.7 Å². The predicted octanol–water partition coefficient (Wildman–Crippen LogP) is 1.69. The molecule has 3 aliphatic heterocycles. The lowest BCUT2D eigenvalue weighted by Gasteiger charge is -2.40. The number of carbonyl (C=O) groups excluding carboxylic acids is 2. The Morgan fingerprint density at radius 1 is 1.12 bits per heavy atom. The van der Waals surface area contributed by atoms with E-state index in [9.17, 15) is 9.59 Å². The van der Waals surface area contributed by atoms with Crippen LogP contribution in [0.4, 0.5) is 4.79 Å². The minimum Gasteiger partial charge on any atom is -0.315 e. The molecular weight excluding hydrogens is 330 g/mol. The molecule has 0 radical (unpaired) electrons. The van der Waals surface area contributed by atoms with Crippen LogP contribution in [-0.4, -0.2) is 69.8 Å². The molecule has 0 spiro atoms. The minimum atomic E-state index is -0.477. The quantitative estimate of drug-likeness (QED) is 0.826. The molecule has 1 saturated heterocycles. The van der Waals surface area contributed by atoms with Crippen molar-refractivity contribution in [1.82, 2.24) is 19.6 Å². The van der Waals surface area contributed by atoms with Crippen molar-refractivity contribution in [1.29, 1.82) is 0 Å². The highest BCUT2D eigenvalue weighted by molar-refractivity contribution is 6.04.